The van der Waals surface area contributed by atoms with E-state index in [4.69, 9.17) is 35.1 Å². The van der Waals surface area contributed by atoms with Gasteiger partial charge in [-0.25, -0.2) is 15.0 Å². The van der Waals surface area contributed by atoms with Gasteiger partial charge in [0.05, 0.1) is 4.11 Å². The second-order valence-corrected chi connectivity index (χ2v) is 9.98. The van der Waals surface area contributed by atoms with Crippen LogP contribution in [0.1, 0.15) is 4.11 Å². The van der Waals surface area contributed by atoms with Crippen LogP contribution in [0.25, 0.3) is 77.6 Å². The predicted molar refractivity (Wildman–Crippen MR) is 163 cm³/mol. The standard InChI is InChI=1S/C35H20ClN3O/c36-25-17-18-30-29(20-25)32-27(11-6-12-31(32)40-30)35-38-33(23-8-2-1-3-9-23)37-34(39-35)24-16-15-22-14-13-21-7-4-5-10-26(21)28(22)19-24/h1-20H/i11D,17D,18D. The minimum atomic E-state index is -0.112. The van der Waals surface area contributed by atoms with Crippen molar-refractivity contribution in [2.75, 3.05) is 0 Å². The molecule has 0 N–H and O–H groups in total. The van der Waals surface area contributed by atoms with Gasteiger partial charge in [0.2, 0.25) is 0 Å². The Kier molecular flexibility index (Phi) is 4.49. The molecular formula is C35H20ClN3O. The quantitative estimate of drug-likeness (QED) is 0.211. The molecule has 5 heteroatoms. The Morgan fingerprint density at radius 2 is 1.27 bits per heavy atom. The highest BCUT2D eigenvalue weighted by molar-refractivity contribution is 6.32. The van der Waals surface area contributed by atoms with E-state index < -0.39 is 0 Å². The minimum absolute atomic E-state index is 0.110. The molecule has 40 heavy (non-hydrogen) atoms. The Morgan fingerprint density at radius 3 is 2.15 bits per heavy atom. The van der Waals surface area contributed by atoms with Crippen molar-refractivity contribution in [3.05, 3.63) is 126 Å². The van der Waals surface area contributed by atoms with Crippen molar-refractivity contribution in [2.45, 2.75) is 0 Å². The second-order valence-electron chi connectivity index (χ2n) is 9.57. The van der Waals surface area contributed by atoms with Gasteiger partial charge in [0.1, 0.15) is 11.2 Å². The van der Waals surface area contributed by atoms with Gasteiger partial charge in [-0.2, -0.15) is 0 Å². The number of fused-ring (bicyclic) bond motifs is 6. The highest BCUT2D eigenvalue weighted by atomic mass is 35.5. The summed E-state index contributed by atoms with van der Waals surface area (Å²) in [5.74, 6) is 1.24. The van der Waals surface area contributed by atoms with E-state index in [-0.39, 0.29) is 28.7 Å². The first-order chi connectivity index (χ1) is 21.0. The van der Waals surface area contributed by atoms with Crippen LogP contribution in [0, 0.1) is 0 Å². The summed E-state index contributed by atoms with van der Waals surface area (Å²) in [7, 11) is 0. The van der Waals surface area contributed by atoms with Crippen LogP contribution in [0.2, 0.25) is 5.02 Å². The van der Waals surface area contributed by atoms with E-state index >= 15 is 0 Å². The summed E-state index contributed by atoms with van der Waals surface area (Å²) in [5, 5.41) is 5.72. The zero-order chi connectivity index (χ0) is 29.2. The van der Waals surface area contributed by atoms with Crippen LogP contribution >= 0.6 is 11.6 Å². The van der Waals surface area contributed by atoms with E-state index in [1.807, 2.05) is 48.5 Å². The first kappa shape index (κ1) is 19.9. The molecule has 0 spiro atoms. The van der Waals surface area contributed by atoms with E-state index in [0.29, 0.717) is 39.4 Å². The summed E-state index contributed by atoms with van der Waals surface area (Å²) in [6.07, 6.45) is 0. The van der Waals surface area contributed by atoms with Gasteiger partial charge in [0.25, 0.3) is 0 Å². The number of nitrogens with zero attached hydrogens (tertiary/aromatic N) is 3. The molecule has 0 aliphatic heterocycles. The lowest BCUT2D eigenvalue weighted by molar-refractivity contribution is 0.669. The summed E-state index contributed by atoms with van der Waals surface area (Å²) in [6.45, 7) is 0. The second kappa shape index (κ2) is 9.01. The number of furan rings is 1. The maximum atomic E-state index is 8.94. The van der Waals surface area contributed by atoms with Crippen molar-refractivity contribution in [3.8, 4) is 34.2 Å². The lowest BCUT2D eigenvalue weighted by atomic mass is 9.99. The Hall–Kier alpha value is -5.06. The third-order valence-electron chi connectivity index (χ3n) is 7.15. The van der Waals surface area contributed by atoms with Gasteiger partial charge in [-0.05, 0) is 51.8 Å². The SMILES string of the molecule is [2H]c1ccc2oc3c([2H])c([2H])c(Cl)cc3c2c1-c1nc(-c2ccccc2)nc(-c2ccc3ccc4ccccc4c3c2)n1. The van der Waals surface area contributed by atoms with Crippen molar-refractivity contribution in [1.29, 1.82) is 0 Å². The summed E-state index contributed by atoms with van der Waals surface area (Å²) >= 11 is 6.35. The lowest BCUT2D eigenvalue weighted by Crippen LogP contribution is -2.00. The number of benzene rings is 6. The Balaban J connectivity index is 1.44. The topological polar surface area (TPSA) is 51.8 Å². The molecule has 8 rings (SSSR count). The summed E-state index contributed by atoms with van der Waals surface area (Å²) in [4.78, 5) is 14.7. The van der Waals surface area contributed by atoms with E-state index in [1.165, 1.54) is 0 Å². The number of hydrogen-bond acceptors (Lipinski definition) is 4. The third-order valence-corrected chi connectivity index (χ3v) is 7.35. The molecule has 0 radical (unpaired) electrons. The Bertz CT molecular complexity index is 2410. The number of rotatable bonds is 3. The molecule has 2 heterocycles. The van der Waals surface area contributed by atoms with Gasteiger partial charge >= 0.3 is 0 Å². The smallest absolute Gasteiger partial charge is 0.164 e. The molecule has 8 aromatic rings. The summed E-state index contributed by atoms with van der Waals surface area (Å²) < 4.78 is 31.6. The predicted octanol–water partition coefficient (Wildman–Crippen LogP) is 9.73. The van der Waals surface area contributed by atoms with E-state index in [9.17, 15) is 0 Å². The Labute approximate surface area is 238 Å². The average Bonchev–Trinajstić information content (AvgIpc) is 3.41. The highest BCUT2D eigenvalue weighted by Crippen LogP contribution is 2.38. The molecule has 0 saturated heterocycles. The molecule has 6 aromatic carbocycles. The molecule has 188 valence electrons. The molecule has 0 unspecified atom stereocenters. The lowest BCUT2D eigenvalue weighted by Gasteiger charge is -2.10. The fourth-order valence-electron chi connectivity index (χ4n) is 5.27. The molecule has 0 saturated carbocycles. The van der Waals surface area contributed by atoms with E-state index in [0.717, 1.165) is 32.7 Å². The fraction of sp³-hybridized carbons (Fsp3) is 0. The molecule has 0 aliphatic carbocycles. The van der Waals surface area contributed by atoms with Crippen LogP contribution in [-0.2, 0) is 0 Å². The van der Waals surface area contributed by atoms with Gasteiger partial charge in [-0.3, -0.25) is 0 Å². The summed E-state index contributed by atoms with van der Waals surface area (Å²) in [6, 6.07) is 33.2. The maximum Gasteiger partial charge on any atom is 0.164 e. The monoisotopic (exact) mass is 536 g/mol. The fourth-order valence-corrected chi connectivity index (χ4v) is 5.43. The zero-order valence-electron chi connectivity index (χ0n) is 23.9. The van der Waals surface area contributed by atoms with Crippen molar-refractivity contribution >= 4 is 55.1 Å². The largest absolute Gasteiger partial charge is 0.456 e. The minimum Gasteiger partial charge on any atom is -0.456 e. The van der Waals surface area contributed by atoms with Crippen LogP contribution in [0.15, 0.2) is 126 Å². The first-order valence-corrected chi connectivity index (χ1v) is 13.2. The molecule has 0 aliphatic rings. The molecule has 4 nitrogen and oxygen atoms in total. The van der Waals surface area contributed by atoms with Gasteiger partial charge in [0.15, 0.2) is 17.5 Å². The van der Waals surface area contributed by atoms with E-state index in [2.05, 4.69) is 36.4 Å². The van der Waals surface area contributed by atoms with Gasteiger partial charge in [-0.1, -0.05) is 103 Å². The van der Waals surface area contributed by atoms with Gasteiger partial charge < -0.3 is 4.42 Å². The zero-order valence-corrected chi connectivity index (χ0v) is 21.7. The van der Waals surface area contributed by atoms with Crippen molar-refractivity contribution in [3.63, 3.8) is 0 Å². The molecular weight excluding hydrogens is 514 g/mol. The number of aromatic nitrogens is 3. The van der Waals surface area contributed by atoms with Gasteiger partial charge in [0, 0.05) is 32.5 Å². The van der Waals surface area contributed by atoms with Crippen LogP contribution in [0.4, 0.5) is 0 Å². The highest BCUT2D eigenvalue weighted by Gasteiger charge is 2.18. The van der Waals surface area contributed by atoms with Crippen molar-refractivity contribution < 1.29 is 8.53 Å². The normalized spacial score (nSPS) is 12.7. The van der Waals surface area contributed by atoms with Crippen molar-refractivity contribution in [1.82, 2.24) is 15.0 Å². The number of hydrogen-bond donors (Lipinski definition) is 0. The van der Waals surface area contributed by atoms with Crippen LogP contribution in [0.5, 0.6) is 0 Å². The molecule has 0 atom stereocenters. The average molecular weight is 537 g/mol. The van der Waals surface area contributed by atoms with E-state index in [1.54, 1.807) is 18.2 Å². The third kappa shape index (κ3) is 3.73. The van der Waals surface area contributed by atoms with Crippen LogP contribution in [-0.4, -0.2) is 15.0 Å². The van der Waals surface area contributed by atoms with Gasteiger partial charge in [-0.15, -0.1) is 0 Å². The first-order valence-electron chi connectivity index (χ1n) is 14.3. The van der Waals surface area contributed by atoms with Crippen LogP contribution < -0.4 is 0 Å². The maximum absolute atomic E-state index is 8.94. The molecule has 2 aromatic heterocycles. The Morgan fingerprint density at radius 1 is 0.550 bits per heavy atom. The van der Waals surface area contributed by atoms with Crippen LogP contribution in [0.3, 0.4) is 0 Å². The van der Waals surface area contributed by atoms with Crippen molar-refractivity contribution in [2.24, 2.45) is 0 Å². The molecule has 0 amide bonds. The number of halogens is 1. The molecule has 0 fully saturated rings. The summed E-state index contributed by atoms with van der Waals surface area (Å²) in [5.41, 5.74) is 2.75. The molecule has 0 bridgehead atoms.